The Kier molecular flexibility index (Phi) is 6.95. The van der Waals surface area contributed by atoms with Gasteiger partial charge >= 0.3 is 12.1 Å². The summed E-state index contributed by atoms with van der Waals surface area (Å²) in [6.07, 6.45) is -4.30. The summed E-state index contributed by atoms with van der Waals surface area (Å²) in [6, 6.07) is 12.1. The van der Waals surface area contributed by atoms with Crippen LogP contribution in [-0.4, -0.2) is 36.9 Å². The van der Waals surface area contributed by atoms with Crippen LogP contribution in [0.4, 0.5) is 19.1 Å². The highest BCUT2D eigenvalue weighted by atomic mass is 32.1. The molecule has 0 radical (unpaired) electrons. The van der Waals surface area contributed by atoms with Crippen molar-refractivity contribution in [1.82, 2.24) is 19.7 Å². The zero-order chi connectivity index (χ0) is 26.0. The number of rotatable bonds is 8. The molecule has 5 N–H and O–H groups in total. The first-order valence-corrected chi connectivity index (χ1v) is 11.4. The van der Waals surface area contributed by atoms with Crippen LogP contribution in [0.5, 0.6) is 5.88 Å². The number of anilines is 1. The average molecular weight is 519 g/mol. The first-order valence-electron chi connectivity index (χ1n) is 10.5. The van der Waals surface area contributed by atoms with Gasteiger partial charge in [-0.1, -0.05) is 24.3 Å². The predicted octanol–water partition coefficient (Wildman–Crippen LogP) is 3.74. The van der Waals surface area contributed by atoms with Gasteiger partial charge in [0, 0.05) is 23.6 Å². The van der Waals surface area contributed by atoms with Crippen molar-refractivity contribution in [2.45, 2.75) is 25.2 Å². The topological polar surface area (TPSA) is 142 Å². The van der Waals surface area contributed by atoms with Crippen molar-refractivity contribution in [2.24, 2.45) is 12.8 Å². The molecule has 4 rings (SSSR count). The molecule has 0 aliphatic carbocycles. The van der Waals surface area contributed by atoms with Gasteiger partial charge in [0.25, 0.3) is 0 Å². The Hall–Kier alpha value is -3.97. The Bertz CT molecular complexity index is 1380. The van der Waals surface area contributed by atoms with Gasteiger partial charge in [-0.3, -0.25) is 9.48 Å². The highest BCUT2D eigenvalue weighted by Gasteiger charge is 2.35. The number of aryl methyl sites for hydroxylation is 1. The number of carboxylic acids is 1. The zero-order valence-corrected chi connectivity index (χ0v) is 19.7. The third-order valence-electron chi connectivity index (χ3n) is 5.19. The molecule has 4 aromatic rings. The number of benzene rings is 1. The monoisotopic (exact) mass is 518 g/mol. The number of ether oxygens (including phenoxy) is 1. The van der Waals surface area contributed by atoms with Crippen molar-refractivity contribution < 1.29 is 27.8 Å². The summed E-state index contributed by atoms with van der Waals surface area (Å²) < 4.78 is 45.7. The van der Waals surface area contributed by atoms with Gasteiger partial charge in [0.1, 0.15) is 24.0 Å². The van der Waals surface area contributed by atoms with E-state index >= 15 is 0 Å². The van der Waals surface area contributed by atoms with E-state index in [2.05, 4.69) is 15.1 Å². The van der Waals surface area contributed by atoms with E-state index in [-0.39, 0.29) is 30.5 Å². The minimum Gasteiger partial charge on any atom is -0.480 e. The molecular formula is C23H21F3N6O3S. The van der Waals surface area contributed by atoms with Crippen LogP contribution in [-0.2, 0) is 31.0 Å². The summed E-state index contributed by atoms with van der Waals surface area (Å²) in [4.78, 5) is 20.6. The van der Waals surface area contributed by atoms with Crippen molar-refractivity contribution in [3.8, 4) is 27.7 Å². The van der Waals surface area contributed by atoms with Crippen molar-refractivity contribution >= 4 is 23.3 Å². The minimum absolute atomic E-state index is 0.000454. The van der Waals surface area contributed by atoms with Gasteiger partial charge in [-0.2, -0.15) is 23.3 Å². The van der Waals surface area contributed by atoms with E-state index in [0.717, 1.165) is 26.8 Å². The molecule has 0 aliphatic heterocycles. The van der Waals surface area contributed by atoms with Gasteiger partial charge < -0.3 is 21.3 Å². The van der Waals surface area contributed by atoms with Gasteiger partial charge in [0.15, 0.2) is 0 Å². The molecule has 0 aliphatic rings. The van der Waals surface area contributed by atoms with Crippen LogP contribution in [0.15, 0.2) is 48.5 Å². The molecule has 0 spiro atoms. The van der Waals surface area contributed by atoms with Crippen molar-refractivity contribution in [3.05, 3.63) is 64.7 Å². The molecule has 3 aromatic heterocycles. The molecule has 13 heteroatoms. The largest absolute Gasteiger partial charge is 0.480 e. The number of alkyl halides is 3. The first kappa shape index (κ1) is 25.1. The summed E-state index contributed by atoms with van der Waals surface area (Å²) in [5.74, 6) is -0.852. The second-order valence-corrected chi connectivity index (χ2v) is 9.05. The fourth-order valence-electron chi connectivity index (χ4n) is 3.41. The summed E-state index contributed by atoms with van der Waals surface area (Å²) in [5, 5.41) is 12.9. The van der Waals surface area contributed by atoms with Crippen molar-refractivity contribution in [1.29, 1.82) is 0 Å². The van der Waals surface area contributed by atoms with Gasteiger partial charge in [-0.25, -0.2) is 4.98 Å². The third kappa shape index (κ3) is 5.80. The van der Waals surface area contributed by atoms with Gasteiger partial charge in [-0.05, 0) is 30.2 Å². The highest BCUT2D eigenvalue weighted by Crippen LogP contribution is 2.34. The van der Waals surface area contributed by atoms with E-state index in [1.54, 1.807) is 42.5 Å². The predicted molar refractivity (Wildman–Crippen MR) is 127 cm³/mol. The number of carbonyl (C=O) groups is 1. The number of nitrogens with zero attached hydrogens (tertiary/aromatic N) is 4. The number of halogens is 3. The first-order chi connectivity index (χ1) is 17.0. The normalized spacial score (nSPS) is 12.5. The Labute approximate surface area is 207 Å². The van der Waals surface area contributed by atoms with Crippen LogP contribution in [0, 0.1) is 0 Å². The van der Waals surface area contributed by atoms with Crippen LogP contribution < -0.4 is 16.2 Å². The van der Waals surface area contributed by atoms with Gasteiger partial charge in [0.05, 0.1) is 10.6 Å². The fourth-order valence-corrected chi connectivity index (χ4v) is 4.29. The molecule has 9 nitrogen and oxygen atoms in total. The van der Waals surface area contributed by atoms with Crippen LogP contribution in [0.2, 0.25) is 0 Å². The molecule has 0 saturated carbocycles. The molecule has 0 saturated heterocycles. The van der Waals surface area contributed by atoms with Gasteiger partial charge in [-0.15, -0.1) is 11.3 Å². The summed E-state index contributed by atoms with van der Waals surface area (Å²) in [7, 11) is 1.25. The van der Waals surface area contributed by atoms with E-state index in [1.807, 2.05) is 0 Å². The van der Waals surface area contributed by atoms with Crippen LogP contribution in [0.3, 0.4) is 0 Å². The lowest BCUT2D eigenvalue weighted by Gasteiger charge is -2.09. The number of nitrogens with two attached hydrogens (primary N) is 2. The minimum atomic E-state index is -4.49. The summed E-state index contributed by atoms with van der Waals surface area (Å²) in [6.45, 7) is 0.117. The molecule has 0 amide bonds. The second-order valence-electron chi connectivity index (χ2n) is 7.89. The molecule has 1 aromatic carbocycles. The number of hydrogen-bond acceptors (Lipinski definition) is 8. The number of thiophene rings is 1. The third-order valence-corrected chi connectivity index (χ3v) is 6.27. The Morgan fingerprint density at radius 2 is 1.86 bits per heavy atom. The molecular weight excluding hydrogens is 497 g/mol. The number of carboxylic acid groups (broad SMARTS) is 1. The Balaban J connectivity index is 1.45. The lowest BCUT2D eigenvalue weighted by atomic mass is 10.0. The molecule has 3 heterocycles. The molecule has 0 bridgehead atoms. The maximum absolute atomic E-state index is 13.1. The van der Waals surface area contributed by atoms with Crippen LogP contribution in [0.1, 0.15) is 16.1 Å². The standard InChI is InChI=1S/C23H21F3N6O3S/c1-32-19(23(24,25)26)9-17(31-32)18-7-6-14(36-18)11-35-20-10-16(29-22(28)30-20)13-4-2-12(3-5-13)8-15(27)21(33)34/h2-7,9-10,15H,8,11,27H2,1H3,(H,33,34)(H2,28,29,30). The maximum Gasteiger partial charge on any atom is 0.433 e. The molecule has 188 valence electrons. The number of hydrogen-bond donors (Lipinski definition) is 3. The lowest BCUT2D eigenvalue weighted by molar-refractivity contribution is -0.143. The zero-order valence-electron chi connectivity index (χ0n) is 18.9. The molecule has 36 heavy (non-hydrogen) atoms. The second kappa shape index (κ2) is 9.95. The smallest absolute Gasteiger partial charge is 0.433 e. The van der Waals surface area contributed by atoms with Crippen LogP contribution in [0.25, 0.3) is 21.8 Å². The Morgan fingerprint density at radius 1 is 1.14 bits per heavy atom. The fraction of sp³-hybridized carbons (Fsp3) is 0.217. The van der Waals surface area contributed by atoms with Crippen molar-refractivity contribution in [2.75, 3.05) is 5.73 Å². The van der Waals surface area contributed by atoms with E-state index < -0.39 is 23.9 Å². The average Bonchev–Trinajstić information content (AvgIpc) is 3.44. The SMILES string of the molecule is Cn1nc(-c2ccc(COc3cc(-c4ccc(CC(N)C(=O)O)cc4)nc(N)n3)s2)cc1C(F)(F)F. The number of nitrogen functional groups attached to an aromatic ring is 1. The quantitative estimate of drug-likeness (QED) is 0.320. The van der Waals surface area contributed by atoms with E-state index in [9.17, 15) is 18.0 Å². The summed E-state index contributed by atoms with van der Waals surface area (Å²) in [5.41, 5.74) is 12.8. The molecule has 1 atom stereocenters. The Morgan fingerprint density at radius 3 is 2.50 bits per heavy atom. The highest BCUT2D eigenvalue weighted by molar-refractivity contribution is 7.15. The molecule has 1 unspecified atom stereocenters. The van der Waals surface area contributed by atoms with E-state index in [1.165, 1.54) is 18.4 Å². The summed E-state index contributed by atoms with van der Waals surface area (Å²) >= 11 is 1.26. The van der Waals surface area contributed by atoms with Crippen molar-refractivity contribution in [3.63, 3.8) is 0 Å². The number of aromatic nitrogens is 4. The molecule has 0 fully saturated rings. The number of aliphatic carboxylic acids is 1. The van der Waals surface area contributed by atoms with E-state index in [4.69, 9.17) is 21.3 Å². The van der Waals surface area contributed by atoms with Gasteiger partial charge in [0.2, 0.25) is 11.8 Å². The van der Waals surface area contributed by atoms with Crippen LogP contribution >= 0.6 is 11.3 Å². The lowest BCUT2D eigenvalue weighted by Crippen LogP contribution is -2.32. The van der Waals surface area contributed by atoms with E-state index in [0.29, 0.717) is 10.6 Å². The maximum atomic E-state index is 13.1.